The molecule has 28 heavy (non-hydrogen) atoms. The third-order valence-electron chi connectivity index (χ3n) is 2.61. The van der Waals surface area contributed by atoms with Crippen LogP contribution in [0.5, 0.6) is 0 Å². The third kappa shape index (κ3) is 19.1. The average Bonchev–Trinajstić information content (AvgIpc) is 2.51. The van der Waals surface area contributed by atoms with Gasteiger partial charge < -0.3 is 20.8 Å². The Morgan fingerprint density at radius 2 is 1.54 bits per heavy atom. The molecule has 0 bridgehead atoms. The number of nitrogens with one attached hydrogen (secondary N) is 2. The van der Waals surface area contributed by atoms with Gasteiger partial charge in [-0.1, -0.05) is 35.4 Å². The van der Waals surface area contributed by atoms with E-state index in [0.717, 1.165) is 0 Å². The second-order valence-corrected chi connectivity index (χ2v) is 8.47. The normalized spacial score (nSPS) is 11.8. The minimum absolute atomic E-state index is 0.142. The standard InChI is InChI=1S/C13H24N2O4S2.C2HF3O2/c1-9(2)8-11(15-10(3)16)13(19)14-5-7-21-20-6-4-12(17)18;3-2(4,5)1(6)7/h9,11H,4-8H2,1-3H3,(H,14,19)(H,15,16)(H,17,18);(H,6,7)/t11-;/m1./s1. The van der Waals surface area contributed by atoms with Crippen LogP contribution >= 0.6 is 21.6 Å². The van der Waals surface area contributed by atoms with E-state index in [-0.39, 0.29) is 18.2 Å². The molecule has 2 amide bonds. The maximum absolute atomic E-state index is 12.0. The van der Waals surface area contributed by atoms with Crippen LogP contribution in [0.1, 0.15) is 33.6 Å². The van der Waals surface area contributed by atoms with Crippen LogP contribution in [0.3, 0.4) is 0 Å². The van der Waals surface area contributed by atoms with Crippen molar-refractivity contribution in [1.29, 1.82) is 0 Å². The molecule has 0 heterocycles. The van der Waals surface area contributed by atoms with Crippen molar-refractivity contribution in [3.63, 3.8) is 0 Å². The van der Waals surface area contributed by atoms with Gasteiger partial charge in [-0.15, -0.1) is 0 Å². The Labute approximate surface area is 168 Å². The fraction of sp³-hybridized carbons (Fsp3) is 0.733. The van der Waals surface area contributed by atoms with E-state index >= 15 is 0 Å². The molecule has 0 aliphatic heterocycles. The fourth-order valence-electron chi connectivity index (χ4n) is 1.53. The first-order valence-electron chi connectivity index (χ1n) is 8.08. The molecular weight excluding hydrogens is 425 g/mol. The molecule has 0 saturated carbocycles. The summed E-state index contributed by atoms with van der Waals surface area (Å²) >= 11 is 0. The highest BCUT2D eigenvalue weighted by molar-refractivity contribution is 8.76. The minimum atomic E-state index is -5.08. The van der Waals surface area contributed by atoms with E-state index in [1.807, 2.05) is 13.8 Å². The largest absolute Gasteiger partial charge is 0.490 e. The number of halogens is 3. The summed E-state index contributed by atoms with van der Waals surface area (Å²) in [6, 6.07) is -0.493. The van der Waals surface area contributed by atoms with Crippen molar-refractivity contribution >= 4 is 45.3 Å². The summed E-state index contributed by atoms with van der Waals surface area (Å²) in [5, 5.41) is 21.1. The molecule has 0 aromatic rings. The lowest BCUT2D eigenvalue weighted by Crippen LogP contribution is -2.47. The molecule has 8 nitrogen and oxygen atoms in total. The van der Waals surface area contributed by atoms with Gasteiger partial charge >= 0.3 is 18.1 Å². The number of hydrogen-bond donors (Lipinski definition) is 4. The summed E-state index contributed by atoms with van der Waals surface area (Å²) in [5.41, 5.74) is 0. The molecule has 0 aliphatic rings. The number of carboxylic acids is 2. The Kier molecular flexibility index (Phi) is 15.6. The minimum Gasteiger partial charge on any atom is -0.481 e. The summed E-state index contributed by atoms with van der Waals surface area (Å²) in [6.45, 7) is 5.89. The molecule has 0 unspecified atom stereocenters. The Morgan fingerprint density at radius 1 is 1.04 bits per heavy atom. The molecule has 0 saturated heterocycles. The summed E-state index contributed by atoms with van der Waals surface area (Å²) in [7, 11) is 3.01. The van der Waals surface area contributed by atoms with Crippen molar-refractivity contribution < 1.29 is 42.6 Å². The third-order valence-corrected chi connectivity index (χ3v) is 5.02. The zero-order chi connectivity index (χ0) is 22.3. The average molecular weight is 451 g/mol. The van der Waals surface area contributed by atoms with Crippen LogP contribution in [0.2, 0.25) is 0 Å². The Morgan fingerprint density at radius 3 is 1.93 bits per heavy atom. The highest BCUT2D eigenvalue weighted by atomic mass is 33.1. The number of carbonyl (C=O) groups excluding carboxylic acids is 2. The van der Waals surface area contributed by atoms with E-state index in [1.54, 1.807) is 0 Å². The van der Waals surface area contributed by atoms with Gasteiger partial charge in [0.05, 0.1) is 6.42 Å². The molecule has 164 valence electrons. The van der Waals surface area contributed by atoms with Crippen molar-refractivity contribution in [2.75, 3.05) is 18.1 Å². The van der Waals surface area contributed by atoms with Gasteiger partial charge in [-0.2, -0.15) is 13.2 Å². The zero-order valence-corrected chi connectivity index (χ0v) is 17.3. The maximum atomic E-state index is 12.0. The lowest BCUT2D eigenvalue weighted by atomic mass is 10.0. The maximum Gasteiger partial charge on any atom is 0.490 e. The first-order valence-corrected chi connectivity index (χ1v) is 10.6. The summed E-state index contributed by atoms with van der Waals surface area (Å²) in [5.74, 6) is -2.38. The highest BCUT2D eigenvalue weighted by Gasteiger charge is 2.38. The van der Waals surface area contributed by atoms with Gasteiger partial charge in [-0.3, -0.25) is 14.4 Å². The number of hydrogen-bond acceptors (Lipinski definition) is 6. The summed E-state index contributed by atoms with van der Waals surface area (Å²) in [4.78, 5) is 42.3. The molecule has 0 spiro atoms. The smallest absolute Gasteiger partial charge is 0.481 e. The van der Waals surface area contributed by atoms with Crippen molar-refractivity contribution in [1.82, 2.24) is 10.6 Å². The molecule has 0 aromatic carbocycles. The van der Waals surface area contributed by atoms with Gasteiger partial charge in [0.1, 0.15) is 6.04 Å². The van der Waals surface area contributed by atoms with Crippen LogP contribution in [0.4, 0.5) is 13.2 Å². The van der Waals surface area contributed by atoms with E-state index in [0.29, 0.717) is 30.4 Å². The molecule has 0 rings (SSSR count). The monoisotopic (exact) mass is 450 g/mol. The fourth-order valence-corrected chi connectivity index (χ4v) is 3.42. The van der Waals surface area contributed by atoms with Crippen LogP contribution in [0.25, 0.3) is 0 Å². The first kappa shape index (κ1) is 28.6. The van der Waals surface area contributed by atoms with Crippen LogP contribution < -0.4 is 10.6 Å². The van der Waals surface area contributed by atoms with Crippen LogP contribution in [0.15, 0.2) is 0 Å². The van der Waals surface area contributed by atoms with Gasteiger partial charge in [0.15, 0.2) is 0 Å². The van der Waals surface area contributed by atoms with E-state index in [2.05, 4.69) is 10.6 Å². The van der Waals surface area contributed by atoms with Crippen molar-refractivity contribution in [3.05, 3.63) is 0 Å². The van der Waals surface area contributed by atoms with Gasteiger partial charge in [0.2, 0.25) is 11.8 Å². The first-order chi connectivity index (χ1) is 12.8. The SMILES string of the molecule is CC(=O)N[C@H](CC(C)C)C(=O)NCCSSCCC(=O)O.O=C(O)C(F)(F)F. The number of carbonyl (C=O) groups is 4. The quantitative estimate of drug-likeness (QED) is 0.278. The lowest BCUT2D eigenvalue weighted by molar-refractivity contribution is -0.192. The number of alkyl halides is 3. The van der Waals surface area contributed by atoms with Crippen molar-refractivity contribution in [3.8, 4) is 0 Å². The second-order valence-electron chi connectivity index (χ2n) is 5.76. The topological polar surface area (TPSA) is 133 Å². The van der Waals surface area contributed by atoms with Gasteiger partial charge in [-0.05, 0) is 12.3 Å². The molecule has 4 N–H and O–H groups in total. The molecule has 0 aliphatic carbocycles. The van der Waals surface area contributed by atoms with E-state index < -0.39 is 24.2 Å². The van der Waals surface area contributed by atoms with Crippen molar-refractivity contribution in [2.45, 2.75) is 45.8 Å². The predicted molar refractivity (Wildman–Crippen MR) is 101 cm³/mol. The van der Waals surface area contributed by atoms with Crippen LogP contribution in [0, 0.1) is 5.92 Å². The zero-order valence-electron chi connectivity index (χ0n) is 15.7. The van der Waals surface area contributed by atoms with Crippen LogP contribution in [-0.4, -0.2) is 64.2 Å². The number of aliphatic carboxylic acids is 2. The van der Waals surface area contributed by atoms with Crippen LogP contribution in [-0.2, 0) is 19.2 Å². The Bertz CT molecular complexity index is 518. The van der Waals surface area contributed by atoms with Gasteiger partial charge in [-0.25, -0.2) is 4.79 Å². The molecule has 1 atom stereocenters. The highest BCUT2D eigenvalue weighted by Crippen LogP contribution is 2.21. The van der Waals surface area contributed by atoms with Gasteiger partial charge in [0.25, 0.3) is 0 Å². The summed E-state index contributed by atoms with van der Waals surface area (Å²) in [6.07, 6.45) is -4.34. The van der Waals surface area contributed by atoms with Crippen molar-refractivity contribution in [2.24, 2.45) is 5.92 Å². The molecule has 0 aromatic heterocycles. The Hall–Kier alpha value is -1.63. The number of rotatable bonds is 11. The second kappa shape index (κ2) is 15.3. The molecule has 13 heteroatoms. The molecule has 0 fully saturated rings. The van der Waals surface area contributed by atoms with E-state index in [1.165, 1.54) is 28.5 Å². The van der Waals surface area contributed by atoms with E-state index in [9.17, 15) is 27.6 Å². The number of carboxylic acid groups (broad SMARTS) is 2. The van der Waals surface area contributed by atoms with Gasteiger partial charge in [0, 0.05) is 25.0 Å². The number of amides is 2. The molecule has 0 radical (unpaired) electrons. The Balaban J connectivity index is 0. The summed E-state index contributed by atoms with van der Waals surface area (Å²) < 4.78 is 31.7. The molecular formula is C15H25F3N2O6S2. The van der Waals surface area contributed by atoms with E-state index in [4.69, 9.17) is 15.0 Å². The predicted octanol–water partition coefficient (Wildman–Crippen LogP) is 2.14. The lowest BCUT2D eigenvalue weighted by Gasteiger charge is -2.19.